The summed E-state index contributed by atoms with van der Waals surface area (Å²) in [6.45, 7) is 2.59. The Kier molecular flexibility index (Phi) is 6.77. The third-order valence-electron chi connectivity index (χ3n) is 5.46. The Morgan fingerprint density at radius 3 is 2.36 bits per heavy atom. The maximum Gasteiger partial charge on any atom is 0.258 e. The number of ether oxygens (including phenoxy) is 1. The summed E-state index contributed by atoms with van der Waals surface area (Å²) in [6, 6.07) is 12.8. The highest BCUT2D eigenvalue weighted by Gasteiger charge is 2.22. The van der Waals surface area contributed by atoms with Crippen molar-refractivity contribution < 1.29 is 18.7 Å². The summed E-state index contributed by atoms with van der Waals surface area (Å²) in [5.74, 6) is -0.155. The van der Waals surface area contributed by atoms with Gasteiger partial charge in [0.05, 0.1) is 19.1 Å². The third kappa shape index (κ3) is 5.43. The van der Waals surface area contributed by atoms with Crippen LogP contribution in [0.15, 0.2) is 60.9 Å². The number of hydrogen-bond donors (Lipinski definition) is 1. The molecule has 0 atom stereocenters. The molecule has 9 heteroatoms. The van der Waals surface area contributed by atoms with Crippen LogP contribution < -0.4 is 15.0 Å². The number of amides is 2. The highest BCUT2D eigenvalue weighted by Crippen LogP contribution is 2.19. The van der Waals surface area contributed by atoms with E-state index in [-0.39, 0.29) is 17.9 Å². The van der Waals surface area contributed by atoms with Crippen LogP contribution in [-0.4, -0.2) is 60.0 Å². The molecule has 1 fully saturated rings. The largest absolute Gasteiger partial charge is 0.497 e. The Labute approximate surface area is 191 Å². The lowest BCUT2D eigenvalue weighted by molar-refractivity contribution is -0.130. The van der Waals surface area contributed by atoms with Gasteiger partial charge in [-0.15, -0.1) is 0 Å². The molecule has 0 saturated carbocycles. The standard InChI is InChI=1S/C24H24FN5O3/c1-33-19-7-8-20(21(25)16-19)23(32)28-18-5-3-17(4-6-18)15-22(31)29-11-13-30(14-12-29)24-26-9-2-10-27-24/h2-10,16H,11-15H2,1H3,(H,28,32). The molecular weight excluding hydrogens is 425 g/mol. The Bertz CT molecular complexity index is 1120. The van der Waals surface area contributed by atoms with E-state index >= 15 is 0 Å². The molecule has 0 aliphatic carbocycles. The maximum atomic E-state index is 14.1. The number of nitrogens with zero attached hydrogens (tertiary/aromatic N) is 4. The first-order valence-electron chi connectivity index (χ1n) is 10.6. The average molecular weight is 449 g/mol. The van der Waals surface area contributed by atoms with Gasteiger partial charge >= 0.3 is 0 Å². The van der Waals surface area contributed by atoms with Crippen LogP contribution in [0.25, 0.3) is 0 Å². The first kappa shape index (κ1) is 22.2. The van der Waals surface area contributed by atoms with Crippen molar-refractivity contribution in [3.05, 3.63) is 77.9 Å². The molecular formula is C24H24FN5O3. The molecule has 3 aromatic rings. The van der Waals surface area contributed by atoms with Crippen molar-refractivity contribution in [2.24, 2.45) is 0 Å². The van der Waals surface area contributed by atoms with Gasteiger partial charge in [0, 0.05) is 50.3 Å². The Morgan fingerprint density at radius 2 is 1.73 bits per heavy atom. The van der Waals surface area contributed by atoms with Crippen molar-refractivity contribution in [3.63, 3.8) is 0 Å². The number of piperazine rings is 1. The predicted octanol–water partition coefficient (Wildman–Crippen LogP) is 2.77. The Morgan fingerprint density at radius 1 is 1.03 bits per heavy atom. The van der Waals surface area contributed by atoms with Crippen molar-refractivity contribution in [1.82, 2.24) is 14.9 Å². The molecule has 0 spiro atoms. The molecule has 170 valence electrons. The molecule has 1 aliphatic rings. The van der Waals surface area contributed by atoms with Crippen LogP contribution in [0.1, 0.15) is 15.9 Å². The zero-order valence-electron chi connectivity index (χ0n) is 18.2. The van der Waals surface area contributed by atoms with E-state index in [9.17, 15) is 14.0 Å². The number of aromatic nitrogens is 2. The van der Waals surface area contributed by atoms with Crippen molar-refractivity contribution in [2.75, 3.05) is 43.5 Å². The fraction of sp³-hybridized carbons (Fsp3) is 0.250. The number of rotatable bonds is 6. The molecule has 33 heavy (non-hydrogen) atoms. The number of hydrogen-bond acceptors (Lipinski definition) is 6. The number of benzene rings is 2. The van der Waals surface area contributed by atoms with Gasteiger partial charge in [-0.1, -0.05) is 12.1 Å². The molecule has 0 unspecified atom stereocenters. The van der Waals surface area contributed by atoms with Gasteiger partial charge in [0.25, 0.3) is 5.91 Å². The van der Waals surface area contributed by atoms with E-state index in [1.807, 2.05) is 4.90 Å². The van der Waals surface area contributed by atoms with Gasteiger partial charge in [-0.25, -0.2) is 14.4 Å². The Balaban J connectivity index is 1.30. The lowest BCUT2D eigenvalue weighted by atomic mass is 10.1. The number of anilines is 2. The SMILES string of the molecule is COc1ccc(C(=O)Nc2ccc(CC(=O)N3CCN(c4ncccn4)CC3)cc2)c(F)c1. The van der Waals surface area contributed by atoms with Crippen LogP contribution in [0.5, 0.6) is 5.75 Å². The fourth-order valence-electron chi connectivity index (χ4n) is 3.61. The smallest absolute Gasteiger partial charge is 0.258 e. The second-order valence-electron chi connectivity index (χ2n) is 7.59. The maximum absolute atomic E-state index is 14.1. The molecule has 4 rings (SSSR count). The van der Waals surface area contributed by atoms with E-state index in [2.05, 4.69) is 20.2 Å². The highest BCUT2D eigenvalue weighted by atomic mass is 19.1. The molecule has 1 saturated heterocycles. The second kappa shape index (κ2) is 10.1. The lowest BCUT2D eigenvalue weighted by Gasteiger charge is -2.34. The van der Waals surface area contributed by atoms with Crippen LogP contribution in [0.3, 0.4) is 0 Å². The molecule has 1 aliphatic heterocycles. The van der Waals surface area contributed by atoms with Crippen LogP contribution >= 0.6 is 0 Å². The number of halogens is 1. The van der Waals surface area contributed by atoms with Gasteiger partial charge in [0.1, 0.15) is 11.6 Å². The predicted molar refractivity (Wildman–Crippen MR) is 122 cm³/mol. The minimum absolute atomic E-state index is 0.0423. The van der Waals surface area contributed by atoms with E-state index in [0.717, 1.165) is 11.6 Å². The minimum atomic E-state index is -0.659. The topological polar surface area (TPSA) is 87.7 Å². The summed E-state index contributed by atoms with van der Waals surface area (Å²) in [5, 5.41) is 2.67. The zero-order valence-corrected chi connectivity index (χ0v) is 18.2. The molecule has 1 aromatic heterocycles. The summed E-state index contributed by atoms with van der Waals surface area (Å²) in [7, 11) is 1.43. The monoisotopic (exact) mass is 449 g/mol. The van der Waals surface area contributed by atoms with Crippen LogP contribution in [0.2, 0.25) is 0 Å². The summed E-state index contributed by atoms with van der Waals surface area (Å²) in [5.41, 5.74) is 1.28. The van der Waals surface area contributed by atoms with Crippen LogP contribution in [-0.2, 0) is 11.2 Å². The molecule has 0 bridgehead atoms. The molecule has 8 nitrogen and oxygen atoms in total. The first-order valence-corrected chi connectivity index (χ1v) is 10.6. The molecule has 0 radical (unpaired) electrons. The van der Waals surface area contributed by atoms with E-state index < -0.39 is 11.7 Å². The van der Waals surface area contributed by atoms with Gasteiger partial charge in [-0.05, 0) is 35.9 Å². The second-order valence-corrected chi connectivity index (χ2v) is 7.59. The van der Waals surface area contributed by atoms with E-state index in [4.69, 9.17) is 4.74 Å². The minimum Gasteiger partial charge on any atom is -0.497 e. The number of methoxy groups -OCH3 is 1. The van der Waals surface area contributed by atoms with Gasteiger partial charge < -0.3 is 19.9 Å². The van der Waals surface area contributed by atoms with Crippen LogP contribution in [0.4, 0.5) is 16.0 Å². The molecule has 1 N–H and O–H groups in total. The van der Waals surface area contributed by atoms with Crippen molar-refractivity contribution in [1.29, 1.82) is 0 Å². The lowest BCUT2D eigenvalue weighted by Crippen LogP contribution is -2.49. The average Bonchev–Trinajstić information content (AvgIpc) is 2.85. The summed E-state index contributed by atoms with van der Waals surface area (Å²) < 4.78 is 19.1. The summed E-state index contributed by atoms with van der Waals surface area (Å²) in [6.07, 6.45) is 3.68. The van der Waals surface area contributed by atoms with E-state index in [1.165, 1.54) is 19.2 Å². The van der Waals surface area contributed by atoms with Crippen LogP contribution in [0, 0.1) is 5.82 Å². The normalized spacial score (nSPS) is 13.5. The summed E-state index contributed by atoms with van der Waals surface area (Å²) in [4.78, 5) is 37.5. The molecule has 2 heterocycles. The number of nitrogens with one attached hydrogen (secondary N) is 1. The van der Waals surface area contributed by atoms with Gasteiger partial charge in [-0.2, -0.15) is 0 Å². The van der Waals surface area contributed by atoms with Gasteiger partial charge in [0.15, 0.2) is 0 Å². The molecule has 2 aromatic carbocycles. The van der Waals surface area contributed by atoms with Crippen molar-refractivity contribution in [2.45, 2.75) is 6.42 Å². The van der Waals surface area contributed by atoms with Gasteiger partial charge in [0.2, 0.25) is 11.9 Å². The third-order valence-corrected chi connectivity index (χ3v) is 5.46. The first-order chi connectivity index (χ1) is 16.0. The van der Waals surface area contributed by atoms with E-state index in [0.29, 0.717) is 43.6 Å². The number of carbonyl (C=O) groups is 2. The van der Waals surface area contributed by atoms with Gasteiger partial charge in [-0.3, -0.25) is 9.59 Å². The Hall–Kier alpha value is -4.01. The van der Waals surface area contributed by atoms with Crippen molar-refractivity contribution >= 4 is 23.5 Å². The molecule has 2 amide bonds. The number of carbonyl (C=O) groups excluding carboxylic acids is 2. The quantitative estimate of drug-likeness (QED) is 0.623. The fourth-order valence-corrected chi connectivity index (χ4v) is 3.61. The van der Waals surface area contributed by atoms with E-state index in [1.54, 1.807) is 42.7 Å². The summed E-state index contributed by atoms with van der Waals surface area (Å²) >= 11 is 0. The van der Waals surface area contributed by atoms with Crippen molar-refractivity contribution in [3.8, 4) is 5.75 Å². The highest BCUT2D eigenvalue weighted by molar-refractivity contribution is 6.04. The zero-order chi connectivity index (χ0) is 23.2.